The van der Waals surface area contributed by atoms with E-state index in [2.05, 4.69) is 5.32 Å². The quantitative estimate of drug-likeness (QED) is 0.289. The molecule has 2 aliphatic rings. The van der Waals surface area contributed by atoms with E-state index in [9.17, 15) is 27.6 Å². The van der Waals surface area contributed by atoms with Gasteiger partial charge in [-0.3, -0.25) is 23.7 Å². The number of hydrogen-bond acceptors (Lipinski definition) is 9. The van der Waals surface area contributed by atoms with Gasteiger partial charge < -0.3 is 10.1 Å². The third-order valence-corrected chi connectivity index (χ3v) is 11.1. The number of amides is 3. The Balaban J connectivity index is 1.39. The third-order valence-electron chi connectivity index (χ3n) is 7.58. The lowest BCUT2D eigenvalue weighted by Crippen LogP contribution is -2.33. The number of anilines is 2. The summed E-state index contributed by atoms with van der Waals surface area (Å²) >= 11 is 2.04. The number of thioether (sulfide) groups is 1. The molecule has 3 atom stereocenters. The lowest BCUT2D eigenvalue weighted by atomic mass is 9.82. The molecule has 0 radical (unpaired) electrons. The number of ether oxygens (including phenoxy) is 1. The number of para-hydroxylation sites is 1. The molecule has 2 aliphatic heterocycles. The number of nitrogens with one attached hydrogen (secondary N) is 1. The van der Waals surface area contributed by atoms with E-state index >= 15 is 0 Å². The lowest BCUT2D eigenvalue weighted by Gasteiger charge is -2.31. The van der Waals surface area contributed by atoms with E-state index in [1.54, 1.807) is 24.3 Å². The number of benzene rings is 3. The average molecular weight is 651 g/mol. The van der Waals surface area contributed by atoms with Crippen molar-refractivity contribution in [2.75, 3.05) is 17.3 Å². The van der Waals surface area contributed by atoms with E-state index < -0.39 is 43.8 Å². The van der Waals surface area contributed by atoms with Crippen LogP contribution < -0.4 is 25.0 Å². The molecule has 0 bridgehead atoms. The number of carbonyl (C=O) groups excluding carboxylic acids is 3. The number of aryl methyl sites for hydroxylation is 1. The molecular weight excluding hydrogens is 625 g/mol. The van der Waals surface area contributed by atoms with E-state index in [-0.39, 0.29) is 17.3 Å². The van der Waals surface area contributed by atoms with Crippen molar-refractivity contribution in [2.45, 2.75) is 34.6 Å². The van der Waals surface area contributed by atoms with Gasteiger partial charge in [-0.05, 0) is 49.4 Å². The highest BCUT2D eigenvalue weighted by molar-refractivity contribution is 8.00. The Kier molecular flexibility index (Phi) is 7.70. The summed E-state index contributed by atoms with van der Waals surface area (Å²) in [5, 5.41) is 7.39. The number of nitrogens with zero attached hydrogens (tertiary/aromatic N) is 2. The normalized spacial score (nSPS) is 19.4. The summed E-state index contributed by atoms with van der Waals surface area (Å²) in [6, 6.07) is 19.6. The van der Waals surface area contributed by atoms with Crippen molar-refractivity contribution in [2.24, 2.45) is 11.1 Å². The van der Waals surface area contributed by atoms with Crippen LogP contribution in [0, 0.1) is 12.8 Å². The predicted molar refractivity (Wildman–Crippen MR) is 167 cm³/mol. The van der Waals surface area contributed by atoms with Crippen LogP contribution >= 0.6 is 23.1 Å². The lowest BCUT2D eigenvalue weighted by molar-refractivity contribution is -0.122. The SMILES string of the molecule is COc1ccccc1C1c2sc(=O)n(CC(=O)Nc3ccc(S(N)(=O)=O)cc3)c2SC2C(=O)N(c3ccc(C)cc3)C(=O)C21. The molecule has 1 aromatic heterocycles. The molecule has 3 aromatic carbocycles. The summed E-state index contributed by atoms with van der Waals surface area (Å²) in [5.41, 5.74) is 2.42. The molecule has 3 unspecified atom stereocenters. The number of aromatic nitrogens is 1. The standard InChI is InChI=1S/C30H26N4O7S3/c1-16-7-11-18(12-8-16)34-27(36)24-23(20-5-3-4-6-21(20)41-2)26-29(42-25(24)28(34)37)33(30(38)43-26)15-22(35)32-17-9-13-19(14-10-17)44(31,39)40/h3-14,23-25H,15H2,1-2H3,(H,32,35)(H2,31,39,40). The van der Waals surface area contributed by atoms with Crippen LogP contribution in [0.4, 0.5) is 11.4 Å². The zero-order chi connectivity index (χ0) is 31.3. The number of fused-ring (bicyclic) bond motifs is 2. The van der Waals surface area contributed by atoms with Gasteiger partial charge >= 0.3 is 4.87 Å². The number of nitrogens with two attached hydrogens (primary N) is 1. The molecular formula is C30H26N4O7S3. The predicted octanol–water partition coefficient (Wildman–Crippen LogP) is 3.31. The van der Waals surface area contributed by atoms with E-state index in [4.69, 9.17) is 9.88 Å². The second-order valence-corrected chi connectivity index (χ2v) is 14.1. The van der Waals surface area contributed by atoms with Gasteiger partial charge in [0.1, 0.15) is 17.5 Å². The highest BCUT2D eigenvalue weighted by Gasteiger charge is 2.57. The van der Waals surface area contributed by atoms with Gasteiger partial charge in [0.25, 0.3) is 0 Å². The van der Waals surface area contributed by atoms with Crippen LogP contribution in [0.3, 0.4) is 0 Å². The first-order chi connectivity index (χ1) is 21.0. The van der Waals surface area contributed by atoms with Gasteiger partial charge in [0.05, 0.1) is 28.6 Å². The van der Waals surface area contributed by atoms with Gasteiger partial charge in [0.2, 0.25) is 27.7 Å². The van der Waals surface area contributed by atoms with Crippen molar-refractivity contribution in [1.29, 1.82) is 0 Å². The fraction of sp³-hybridized carbons (Fsp3) is 0.200. The van der Waals surface area contributed by atoms with Crippen LogP contribution in [0.2, 0.25) is 0 Å². The Morgan fingerprint density at radius 1 is 0.977 bits per heavy atom. The largest absolute Gasteiger partial charge is 0.496 e. The summed E-state index contributed by atoms with van der Waals surface area (Å²) < 4.78 is 30.1. The van der Waals surface area contributed by atoms with Crippen LogP contribution in [0.25, 0.3) is 0 Å². The van der Waals surface area contributed by atoms with Gasteiger partial charge in [0, 0.05) is 22.0 Å². The monoisotopic (exact) mass is 650 g/mol. The Hall–Kier alpha value is -4.24. The second-order valence-electron chi connectivity index (χ2n) is 10.4. The Bertz CT molecular complexity index is 1970. The number of sulfonamides is 1. The average Bonchev–Trinajstić information content (AvgIpc) is 3.43. The summed E-state index contributed by atoms with van der Waals surface area (Å²) in [5.74, 6) is -2.28. The van der Waals surface area contributed by atoms with Crippen molar-refractivity contribution in [3.63, 3.8) is 0 Å². The summed E-state index contributed by atoms with van der Waals surface area (Å²) in [6.45, 7) is 1.55. The van der Waals surface area contributed by atoms with Crippen molar-refractivity contribution in [3.8, 4) is 5.75 Å². The molecule has 3 N–H and O–H groups in total. The zero-order valence-electron chi connectivity index (χ0n) is 23.4. The minimum absolute atomic E-state index is 0.109. The second kappa shape index (κ2) is 11.4. The molecule has 3 heterocycles. The Labute approximate surface area is 260 Å². The molecule has 11 nitrogen and oxygen atoms in total. The molecule has 44 heavy (non-hydrogen) atoms. The summed E-state index contributed by atoms with van der Waals surface area (Å²) in [6.07, 6.45) is 0. The fourth-order valence-electron chi connectivity index (χ4n) is 5.53. The third kappa shape index (κ3) is 5.23. The van der Waals surface area contributed by atoms with Crippen molar-refractivity contribution in [1.82, 2.24) is 4.57 Å². The number of rotatable bonds is 7. The molecule has 6 rings (SSSR count). The van der Waals surface area contributed by atoms with Gasteiger partial charge in [-0.2, -0.15) is 0 Å². The van der Waals surface area contributed by atoms with Gasteiger partial charge in [-0.25, -0.2) is 18.5 Å². The zero-order valence-corrected chi connectivity index (χ0v) is 25.9. The van der Waals surface area contributed by atoms with Gasteiger partial charge in [0.15, 0.2) is 0 Å². The summed E-state index contributed by atoms with van der Waals surface area (Å²) in [4.78, 5) is 55.7. The highest BCUT2D eigenvalue weighted by atomic mass is 32.2. The maximum atomic E-state index is 14.0. The minimum atomic E-state index is -3.90. The molecule has 4 aromatic rings. The van der Waals surface area contributed by atoms with Crippen LogP contribution in [-0.4, -0.2) is 43.1 Å². The number of carbonyl (C=O) groups is 3. The molecule has 1 fully saturated rings. The maximum absolute atomic E-state index is 14.0. The molecule has 226 valence electrons. The minimum Gasteiger partial charge on any atom is -0.496 e. The first-order valence-corrected chi connectivity index (χ1v) is 16.6. The van der Waals surface area contributed by atoms with Crippen LogP contribution in [0.15, 0.2) is 87.5 Å². The smallest absolute Gasteiger partial charge is 0.308 e. The molecule has 0 spiro atoms. The molecule has 0 aliphatic carbocycles. The number of hydrogen-bond donors (Lipinski definition) is 2. The first-order valence-electron chi connectivity index (χ1n) is 13.4. The maximum Gasteiger partial charge on any atom is 0.308 e. The molecule has 1 saturated heterocycles. The van der Waals surface area contributed by atoms with E-state index in [0.29, 0.717) is 32.6 Å². The van der Waals surface area contributed by atoms with E-state index in [0.717, 1.165) is 28.7 Å². The van der Waals surface area contributed by atoms with Crippen molar-refractivity contribution in [3.05, 3.63) is 98.5 Å². The molecule has 3 amide bonds. The first kappa shape index (κ1) is 29.8. The van der Waals surface area contributed by atoms with Crippen LogP contribution in [-0.2, 0) is 31.0 Å². The van der Waals surface area contributed by atoms with Crippen molar-refractivity contribution >= 4 is 62.2 Å². The van der Waals surface area contributed by atoms with Gasteiger partial charge in [-0.15, -0.1) is 0 Å². The number of thiazole rings is 1. The van der Waals surface area contributed by atoms with Crippen LogP contribution in [0.1, 0.15) is 21.9 Å². The number of methoxy groups -OCH3 is 1. The molecule has 0 saturated carbocycles. The number of imide groups is 1. The number of primary sulfonamides is 1. The van der Waals surface area contributed by atoms with Crippen molar-refractivity contribution < 1.29 is 27.5 Å². The van der Waals surface area contributed by atoms with Gasteiger partial charge in [-0.1, -0.05) is 59.0 Å². The topological polar surface area (TPSA) is 158 Å². The fourth-order valence-corrected chi connectivity index (χ4v) is 8.81. The van der Waals surface area contributed by atoms with Crippen LogP contribution in [0.5, 0.6) is 5.75 Å². The highest BCUT2D eigenvalue weighted by Crippen LogP contribution is 2.55. The summed E-state index contributed by atoms with van der Waals surface area (Å²) in [7, 11) is -2.38. The Morgan fingerprint density at radius 2 is 1.66 bits per heavy atom. The van der Waals surface area contributed by atoms with E-state index in [1.807, 2.05) is 31.2 Å². The van der Waals surface area contributed by atoms with E-state index in [1.165, 1.54) is 40.8 Å². The molecule has 14 heteroatoms. The Morgan fingerprint density at radius 3 is 2.32 bits per heavy atom.